The highest BCUT2D eigenvalue weighted by Gasteiger charge is 2.08. The zero-order valence-corrected chi connectivity index (χ0v) is 10.0. The summed E-state index contributed by atoms with van der Waals surface area (Å²) in [6, 6.07) is 10.1. The molecule has 0 spiro atoms. The largest absolute Gasteiger partial charge is 0.241 e. The standard InChI is InChI=1S/C13H10ClN3/c1-9-4-2-3-5-10(9)11-8-12-13(14)15-6-7-17(12)16-11/h2-8H,1H3. The molecule has 0 aliphatic carbocycles. The minimum Gasteiger partial charge on any atom is -0.241 e. The van der Waals surface area contributed by atoms with Crippen molar-refractivity contribution in [2.75, 3.05) is 0 Å². The van der Waals surface area contributed by atoms with Crippen LogP contribution in [0.1, 0.15) is 5.56 Å². The van der Waals surface area contributed by atoms with Gasteiger partial charge in [-0.3, -0.25) is 0 Å². The van der Waals surface area contributed by atoms with Gasteiger partial charge in [0.2, 0.25) is 0 Å². The Labute approximate surface area is 104 Å². The van der Waals surface area contributed by atoms with Gasteiger partial charge < -0.3 is 0 Å². The maximum Gasteiger partial charge on any atom is 0.154 e. The van der Waals surface area contributed by atoms with Gasteiger partial charge in [-0.15, -0.1) is 0 Å². The predicted molar refractivity (Wildman–Crippen MR) is 68.2 cm³/mol. The van der Waals surface area contributed by atoms with Crippen molar-refractivity contribution in [2.24, 2.45) is 0 Å². The molecular formula is C13H10ClN3. The molecule has 0 saturated heterocycles. The van der Waals surface area contributed by atoms with E-state index >= 15 is 0 Å². The van der Waals surface area contributed by atoms with Crippen molar-refractivity contribution in [3.05, 3.63) is 53.4 Å². The first-order valence-corrected chi connectivity index (χ1v) is 5.69. The molecule has 2 aromatic heterocycles. The lowest BCUT2D eigenvalue weighted by molar-refractivity contribution is 0.949. The van der Waals surface area contributed by atoms with Gasteiger partial charge in [0.05, 0.1) is 5.69 Å². The number of nitrogens with zero attached hydrogens (tertiary/aromatic N) is 3. The van der Waals surface area contributed by atoms with Gasteiger partial charge in [0.15, 0.2) is 5.15 Å². The molecule has 0 atom stereocenters. The minimum absolute atomic E-state index is 0.472. The summed E-state index contributed by atoms with van der Waals surface area (Å²) in [7, 11) is 0. The van der Waals surface area contributed by atoms with Crippen molar-refractivity contribution in [2.45, 2.75) is 6.92 Å². The van der Waals surface area contributed by atoms with Gasteiger partial charge in [0.1, 0.15) is 5.52 Å². The second-order valence-corrected chi connectivity index (χ2v) is 4.25. The van der Waals surface area contributed by atoms with E-state index < -0.39 is 0 Å². The maximum atomic E-state index is 6.03. The average Bonchev–Trinajstić information content (AvgIpc) is 2.75. The Morgan fingerprint density at radius 3 is 2.82 bits per heavy atom. The molecule has 0 saturated carbocycles. The first-order chi connectivity index (χ1) is 8.25. The van der Waals surface area contributed by atoms with E-state index in [0.717, 1.165) is 16.8 Å². The highest BCUT2D eigenvalue weighted by molar-refractivity contribution is 6.32. The summed E-state index contributed by atoms with van der Waals surface area (Å²) in [5, 5.41) is 4.97. The third-order valence-corrected chi connectivity index (χ3v) is 3.06. The topological polar surface area (TPSA) is 30.2 Å². The fraction of sp³-hybridized carbons (Fsp3) is 0.0769. The van der Waals surface area contributed by atoms with E-state index in [0.29, 0.717) is 5.15 Å². The summed E-state index contributed by atoms with van der Waals surface area (Å²) in [6.45, 7) is 2.07. The third-order valence-electron chi connectivity index (χ3n) is 2.76. The Hall–Kier alpha value is -1.87. The van der Waals surface area contributed by atoms with Crippen LogP contribution in [-0.4, -0.2) is 14.6 Å². The first-order valence-electron chi connectivity index (χ1n) is 5.31. The molecule has 84 valence electrons. The highest BCUT2D eigenvalue weighted by atomic mass is 35.5. The minimum atomic E-state index is 0.472. The Morgan fingerprint density at radius 1 is 1.24 bits per heavy atom. The lowest BCUT2D eigenvalue weighted by Crippen LogP contribution is -1.88. The summed E-state index contributed by atoms with van der Waals surface area (Å²) < 4.78 is 1.75. The van der Waals surface area contributed by atoms with Crippen LogP contribution in [0.15, 0.2) is 42.7 Å². The van der Waals surface area contributed by atoms with Crippen LogP contribution in [0.4, 0.5) is 0 Å². The smallest absolute Gasteiger partial charge is 0.154 e. The van der Waals surface area contributed by atoms with Crippen LogP contribution >= 0.6 is 11.6 Å². The predicted octanol–water partition coefficient (Wildman–Crippen LogP) is 3.36. The Balaban J connectivity index is 2.26. The summed E-state index contributed by atoms with van der Waals surface area (Å²) in [6.07, 6.45) is 3.44. The molecule has 0 aliphatic heterocycles. The number of hydrogen-bond acceptors (Lipinski definition) is 2. The van der Waals surface area contributed by atoms with Crippen LogP contribution in [0.25, 0.3) is 16.8 Å². The molecular weight excluding hydrogens is 234 g/mol. The second kappa shape index (κ2) is 3.86. The summed E-state index contributed by atoms with van der Waals surface area (Å²) in [4.78, 5) is 4.04. The van der Waals surface area contributed by atoms with Crippen LogP contribution in [-0.2, 0) is 0 Å². The Bertz CT molecular complexity index is 688. The molecule has 1 aromatic carbocycles. The van der Waals surface area contributed by atoms with Crippen molar-refractivity contribution in [1.29, 1.82) is 0 Å². The molecule has 3 aromatic rings. The lowest BCUT2D eigenvalue weighted by atomic mass is 10.1. The molecule has 3 nitrogen and oxygen atoms in total. The van der Waals surface area contributed by atoms with Crippen molar-refractivity contribution in [1.82, 2.24) is 14.6 Å². The maximum absolute atomic E-state index is 6.03. The normalized spacial score (nSPS) is 10.9. The molecule has 0 unspecified atom stereocenters. The van der Waals surface area contributed by atoms with Crippen LogP contribution < -0.4 is 0 Å². The van der Waals surface area contributed by atoms with E-state index in [2.05, 4.69) is 29.1 Å². The zero-order chi connectivity index (χ0) is 11.8. The molecule has 2 heterocycles. The second-order valence-electron chi connectivity index (χ2n) is 3.89. The molecule has 0 N–H and O–H groups in total. The van der Waals surface area contributed by atoms with Gasteiger partial charge in [-0.1, -0.05) is 35.9 Å². The molecule has 17 heavy (non-hydrogen) atoms. The molecule has 0 amide bonds. The third kappa shape index (κ3) is 1.68. The summed E-state index contributed by atoms with van der Waals surface area (Å²) >= 11 is 6.03. The van der Waals surface area contributed by atoms with Crippen LogP contribution in [0, 0.1) is 6.92 Å². The zero-order valence-electron chi connectivity index (χ0n) is 9.26. The fourth-order valence-corrected chi connectivity index (χ4v) is 2.08. The van der Waals surface area contributed by atoms with Gasteiger partial charge in [-0.2, -0.15) is 5.10 Å². The molecule has 0 aliphatic rings. The molecule has 4 heteroatoms. The number of aryl methyl sites for hydroxylation is 1. The number of halogens is 1. The molecule has 0 radical (unpaired) electrons. The molecule has 0 fully saturated rings. The number of benzene rings is 1. The van der Waals surface area contributed by atoms with E-state index in [1.54, 1.807) is 16.9 Å². The molecule has 3 rings (SSSR count). The van der Waals surface area contributed by atoms with Crippen molar-refractivity contribution >= 4 is 17.1 Å². The van der Waals surface area contributed by atoms with E-state index in [1.807, 2.05) is 18.2 Å². The van der Waals surface area contributed by atoms with E-state index in [4.69, 9.17) is 11.6 Å². The average molecular weight is 244 g/mol. The summed E-state index contributed by atoms with van der Waals surface area (Å²) in [5.41, 5.74) is 4.05. The van der Waals surface area contributed by atoms with Crippen molar-refractivity contribution in [3.63, 3.8) is 0 Å². The van der Waals surface area contributed by atoms with Gasteiger partial charge in [-0.05, 0) is 18.6 Å². The number of hydrogen-bond donors (Lipinski definition) is 0. The van der Waals surface area contributed by atoms with Crippen molar-refractivity contribution < 1.29 is 0 Å². The van der Waals surface area contributed by atoms with Gasteiger partial charge in [0.25, 0.3) is 0 Å². The number of aromatic nitrogens is 3. The fourth-order valence-electron chi connectivity index (χ4n) is 1.88. The number of fused-ring (bicyclic) bond motifs is 1. The quantitative estimate of drug-likeness (QED) is 0.656. The van der Waals surface area contributed by atoms with E-state index in [1.165, 1.54) is 5.56 Å². The van der Waals surface area contributed by atoms with Gasteiger partial charge >= 0.3 is 0 Å². The Morgan fingerprint density at radius 2 is 2.06 bits per heavy atom. The first kappa shape index (κ1) is 10.3. The van der Waals surface area contributed by atoms with Crippen LogP contribution in [0.5, 0.6) is 0 Å². The van der Waals surface area contributed by atoms with Crippen LogP contribution in [0.3, 0.4) is 0 Å². The highest BCUT2D eigenvalue weighted by Crippen LogP contribution is 2.25. The lowest BCUT2D eigenvalue weighted by Gasteiger charge is -1.99. The monoisotopic (exact) mass is 243 g/mol. The van der Waals surface area contributed by atoms with Crippen LogP contribution in [0.2, 0.25) is 5.15 Å². The SMILES string of the molecule is Cc1ccccc1-c1cc2c(Cl)nccn2n1. The van der Waals surface area contributed by atoms with E-state index in [-0.39, 0.29) is 0 Å². The van der Waals surface area contributed by atoms with E-state index in [9.17, 15) is 0 Å². The summed E-state index contributed by atoms with van der Waals surface area (Å²) in [5.74, 6) is 0. The van der Waals surface area contributed by atoms with Gasteiger partial charge in [-0.25, -0.2) is 9.50 Å². The molecule has 0 bridgehead atoms. The van der Waals surface area contributed by atoms with Gasteiger partial charge in [0, 0.05) is 18.0 Å². The Kier molecular flexibility index (Phi) is 2.34. The number of rotatable bonds is 1. The van der Waals surface area contributed by atoms with Crippen molar-refractivity contribution in [3.8, 4) is 11.3 Å².